The van der Waals surface area contributed by atoms with E-state index in [0.717, 1.165) is 17.0 Å². The van der Waals surface area contributed by atoms with Crippen LogP contribution in [-0.4, -0.2) is 21.2 Å². The van der Waals surface area contributed by atoms with Crippen molar-refractivity contribution >= 4 is 17.9 Å². The van der Waals surface area contributed by atoms with Crippen molar-refractivity contribution in [3.63, 3.8) is 0 Å². The number of carbonyl (C=O) groups is 1. The fourth-order valence-corrected chi connectivity index (χ4v) is 4.94. The van der Waals surface area contributed by atoms with Crippen LogP contribution in [-0.2, 0) is 10.5 Å². The zero-order valence-corrected chi connectivity index (χ0v) is 21.8. The van der Waals surface area contributed by atoms with Crippen LogP contribution < -0.4 is 0 Å². The van der Waals surface area contributed by atoms with Gasteiger partial charge in [0.15, 0.2) is 0 Å². The van der Waals surface area contributed by atoms with Crippen molar-refractivity contribution in [3.8, 4) is 0 Å². The van der Waals surface area contributed by atoms with E-state index in [2.05, 4.69) is 85.6 Å². The van der Waals surface area contributed by atoms with Gasteiger partial charge in [0.05, 0.1) is 11.6 Å². The molecule has 5 heteroatoms. The number of hydrogen-bond donors (Lipinski definition) is 0. The Morgan fingerprint density at radius 1 is 1.00 bits per heavy atom. The molecule has 0 amide bonds. The quantitative estimate of drug-likeness (QED) is 0.262. The molecule has 3 aromatic carbocycles. The molecule has 0 saturated carbocycles. The Morgan fingerprint density at radius 3 is 2.49 bits per heavy atom. The molecule has 0 fully saturated rings. The van der Waals surface area contributed by atoms with Gasteiger partial charge in [-0.3, -0.25) is 0 Å². The molecule has 4 aromatic rings. The van der Waals surface area contributed by atoms with E-state index >= 15 is 0 Å². The molecule has 0 bridgehead atoms. The molecule has 35 heavy (non-hydrogen) atoms. The summed E-state index contributed by atoms with van der Waals surface area (Å²) < 4.78 is 6.98. The molecule has 0 aliphatic rings. The Morgan fingerprint density at radius 2 is 1.74 bits per heavy atom. The van der Waals surface area contributed by atoms with E-state index in [-0.39, 0.29) is 5.92 Å². The van der Waals surface area contributed by atoms with Crippen molar-refractivity contribution in [2.24, 2.45) is 0 Å². The minimum atomic E-state index is -0.571. The molecule has 4 nitrogen and oxygen atoms in total. The largest absolute Gasteiger partial charge is 0.443 e. The number of thioether (sulfide) groups is 1. The van der Waals surface area contributed by atoms with Crippen LogP contribution in [0.4, 0.5) is 4.79 Å². The van der Waals surface area contributed by atoms with Crippen molar-refractivity contribution in [1.29, 1.82) is 0 Å². The molecule has 0 aliphatic heterocycles. The second kappa shape index (κ2) is 10.5. The standard InChI is InChI=1S/C30H32N2O2S/c1-21-11-9-16-26(22(21)2)28(27-18-32(20-31-27)29(33)34-30(3,4)5)24-14-10-15-25(17-24)35-19-23-12-7-6-8-13-23/h6-18,20,28H,19H2,1-5H3. The third-order valence-electron chi connectivity index (χ3n) is 5.90. The number of rotatable bonds is 6. The Kier molecular flexibility index (Phi) is 7.46. The number of aromatic nitrogens is 2. The van der Waals surface area contributed by atoms with Crippen LogP contribution in [0.1, 0.15) is 60.2 Å². The number of imidazole rings is 1. The summed E-state index contributed by atoms with van der Waals surface area (Å²) in [6.45, 7) is 9.86. The molecular weight excluding hydrogens is 452 g/mol. The third-order valence-corrected chi connectivity index (χ3v) is 6.96. The van der Waals surface area contributed by atoms with Crippen molar-refractivity contribution < 1.29 is 9.53 Å². The Bertz CT molecular complexity index is 1310. The molecule has 1 unspecified atom stereocenters. The molecule has 0 aliphatic carbocycles. The van der Waals surface area contributed by atoms with Gasteiger partial charge in [0.1, 0.15) is 11.9 Å². The number of ether oxygens (including phenoxy) is 1. The summed E-state index contributed by atoms with van der Waals surface area (Å²) in [5.41, 5.74) is 6.33. The van der Waals surface area contributed by atoms with E-state index in [0.29, 0.717) is 0 Å². The van der Waals surface area contributed by atoms with Gasteiger partial charge < -0.3 is 4.74 Å². The van der Waals surface area contributed by atoms with Gasteiger partial charge in [0.2, 0.25) is 0 Å². The summed E-state index contributed by atoms with van der Waals surface area (Å²) in [5.74, 6) is 0.807. The van der Waals surface area contributed by atoms with Crippen LogP contribution in [0.3, 0.4) is 0 Å². The molecule has 1 atom stereocenters. The summed E-state index contributed by atoms with van der Waals surface area (Å²) >= 11 is 1.82. The van der Waals surface area contributed by atoms with Crippen LogP contribution in [0.2, 0.25) is 0 Å². The topological polar surface area (TPSA) is 44.1 Å². The predicted molar refractivity (Wildman–Crippen MR) is 143 cm³/mol. The van der Waals surface area contributed by atoms with E-state index in [4.69, 9.17) is 4.74 Å². The molecule has 0 N–H and O–H groups in total. The fraction of sp³-hybridized carbons (Fsp3) is 0.267. The lowest BCUT2D eigenvalue weighted by Crippen LogP contribution is -2.26. The van der Waals surface area contributed by atoms with Gasteiger partial charge in [0, 0.05) is 16.8 Å². The van der Waals surface area contributed by atoms with Gasteiger partial charge in [-0.1, -0.05) is 60.7 Å². The van der Waals surface area contributed by atoms with Crippen LogP contribution in [0, 0.1) is 13.8 Å². The number of benzene rings is 3. The molecule has 1 heterocycles. The van der Waals surface area contributed by atoms with Gasteiger partial charge in [-0.25, -0.2) is 14.3 Å². The van der Waals surface area contributed by atoms with Gasteiger partial charge in [-0.05, 0) is 74.6 Å². The molecule has 0 spiro atoms. The number of aryl methyl sites for hydroxylation is 1. The lowest BCUT2D eigenvalue weighted by molar-refractivity contribution is 0.0536. The summed E-state index contributed by atoms with van der Waals surface area (Å²) in [4.78, 5) is 18.5. The zero-order chi connectivity index (χ0) is 25.0. The highest BCUT2D eigenvalue weighted by Crippen LogP contribution is 2.36. The van der Waals surface area contributed by atoms with E-state index in [9.17, 15) is 4.79 Å². The fourth-order valence-electron chi connectivity index (χ4n) is 4.02. The average molecular weight is 485 g/mol. The summed E-state index contributed by atoms with van der Waals surface area (Å²) in [7, 11) is 0. The molecular formula is C30H32N2O2S. The first-order valence-electron chi connectivity index (χ1n) is 11.8. The summed E-state index contributed by atoms with van der Waals surface area (Å²) in [5, 5.41) is 0. The molecule has 180 valence electrons. The first-order valence-corrected chi connectivity index (χ1v) is 12.8. The van der Waals surface area contributed by atoms with E-state index < -0.39 is 11.7 Å². The normalized spacial score (nSPS) is 12.4. The predicted octanol–water partition coefficient (Wildman–Crippen LogP) is 7.76. The first-order chi connectivity index (χ1) is 16.7. The average Bonchev–Trinajstić information content (AvgIpc) is 3.31. The monoisotopic (exact) mass is 484 g/mol. The smallest absolute Gasteiger partial charge is 0.419 e. The van der Waals surface area contributed by atoms with Gasteiger partial charge in [-0.15, -0.1) is 11.8 Å². The van der Waals surface area contributed by atoms with Gasteiger partial charge in [0.25, 0.3) is 0 Å². The van der Waals surface area contributed by atoms with Gasteiger partial charge >= 0.3 is 6.09 Å². The second-order valence-electron chi connectivity index (χ2n) is 9.76. The molecule has 4 rings (SSSR count). The lowest BCUT2D eigenvalue weighted by Gasteiger charge is -2.21. The minimum absolute atomic E-state index is 0.101. The van der Waals surface area contributed by atoms with Crippen LogP contribution in [0.5, 0.6) is 0 Å². The molecule has 0 saturated heterocycles. The lowest BCUT2D eigenvalue weighted by atomic mass is 9.85. The van der Waals surface area contributed by atoms with Crippen LogP contribution in [0.25, 0.3) is 0 Å². The van der Waals surface area contributed by atoms with Crippen molar-refractivity contribution in [2.45, 2.75) is 56.8 Å². The van der Waals surface area contributed by atoms with Crippen molar-refractivity contribution in [1.82, 2.24) is 9.55 Å². The van der Waals surface area contributed by atoms with Gasteiger partial charge in [-0.2, -0.15) is 0 Å². The summed E-state index contributed by atoms with van der Waals surface area (Å²) in [6, 6.07) is 25.5. The van der Waals surface area contributed by atoms with E-state index in [1.54, 1.807) is 12.5 Å². The summed E-state index contributed by atoms with van der Waals surface area (Å²) in [6.07, 6.45) is 2.92. The maximum atomic E-state index is 12.7. The van der Waals surface area contributed by atoms with Crippen LogP contribution >= 0.6 is 11.8 Å². The highest BCUT2D eigenvalue weighted by Gasteiger charge is 2.24. The zero-order valence-electron chi connectivity index (χ0n) is 21.0. The Balaban J connectivity index is 1.70. The van der Waals surface area contributed by atoms with Crippen molar-refractivity contribution in [2.75, 3.05) is 0 Å². The first kappa shape index (κ1) is 24.8. The van der Waals surface area contributed by atoms with E-state index in [1.807, 2.05) is 38.6 Å². The Labute approximate surface area is 212 Å². The Hall–Kier alpha value is -3.31. The second-order valence-corrected chi connectivity index (χ2v) is 10.8. The SMILES string of the molecule is Cc1cccc(C(c2cccc(SCc3ccccc3)c2)c2cn(C(=O)OC(C)(C)C)cn2)c1C. The highest BCUT2D eigenvalue weighted by molar-refractivity contribution is 7.98. The van der Waals surface area contributed by atoms with Crippen LogP contribution in [0.15, 0.2) is 90.2 Å². The molecule has 0 radical (unpaired) electrons. The number of hydrogen-bond acceptors (Lipinski definition) is 4. The maximum Gasteiger partial charge on any atom is 0.419 e. The van der Waals surface area contributed by atoms with E-state index in [1.165, 1.54) is 31.7 Å². The highest BCUT2D eigenvalue weighted by atomic mass is 32.2. The maximum absolute atomic E-state index is 12.7. The number of carbonyl (C=O) groups excluding carboxylic acids is 1. The van der Waals surface area contributed by atoms with Crippen molar-refractivity contribution in [3.05, 3.63) is 119 Å². The number of nitrogens with zero attached hydrogens (tertiary/aromatic N) is 2. The molecule has 1 aromatic heterocycles. The third kappa shape index (κ3) is 6.23. The minimum Gasteiger partial charge on any atom is -0.443 e.